The molecule has 1 amide bonds. The Bertz CT molecular complexity index is 914. The first kappa shape index (κ1) is 15.6. The molecule has 0 unspecified atom stereocenters. The summed E-state index contributed by atoms with van der Waals surface area (Å²) in [6.07, 6.45) is 0. The fraction of sp³-hybridized carbons (Fsp3) is 0.200. The van der Waals surface area contributed by atoms with Crippen LogP contribution in [0.15, 0.2) is 59.0 Å². The molecule has 0 bridgehead atoms. The third-order valence-electron chi connectivity index (χ3n) is 4.49. The van der Waals surface area contributed by atoms with Crippen LogP contribution < -0.4 is 0 Å². The highest BCUT2D eigenvalue weighted by Gasteiger charge is 2.36. The molecule has 0 aliphatic carbocycles. The van der Waals surface area contributed by atoms with E-state index < -0.39 is 0 Å². The van der Waals surface area contributed by atoms with Crippen molar-refractivity contribution in [3.8, 4) is 11.3 Å². The third kappa shape index (κ3) is 2.82. The monoisotopic (exact) mass is 336 g/mol. The van der Waals surface area contributed by atoms with Crippen LogP contribution in [0.1, 0.15) is 27.9 Å². The van der Waals surface area contributed by atoms with Crippen LogP contribution in [-0.4, -0.2) is 28.9 Å². The molecule has 1 aliphatic rings. The lowest BCUT2D eigenvalue weighted by molar-refractivity contribution is 0.0593. The molecule has 0 N–H and O–H groups in total. The van der Waals surface area contributed by atoms with Crippen molar-refractivity contribution in [3.05, 3.63) is 77.6 Å². The van der Waals surface area contributed by atoms with Crippen LogP contribution >= 0.6 is 0 Å². The van der Waals surface area contributed by atoms with Gasteiger partial charge in [0.2, 0.25) is 0 Å². The summed E-state index contributed by atoms with van der Waals surface area (Å²) in [7, 11) is 0. The van der Waals surface area contributed by atoms with Gasteiger partial charge in [-0.2, -0.15) is 0 Å². The third-order valence-corrected chi connectivity index (χ3v) is 4.49. The number of oxazole rings is 1. The molecule has 2 heterocycles. The van der Waals surface area contributed by atoms with Gasteiger partial charge in [-0.1, -0.05) is 48.5 Å². The number of aromatic nitrogens is 1. The number of carbonyl (C=O) groups excluding carboxylic acids is 1. The summed E-state index contributed by atoms with van der Waals surface area (Å²) in [5.41, 5.74) is 1.79. The highest BCUT2D eigenvalue weighted by atomic mass is 19.1. The molecule has 126 valence electrons. The molecule has 5 heteroatoms. The molecule has 0 saturated carbocycles. The lowest BCUT2D eigenvalue weighted by Gasteiger charge is -2.39. The van der Waals surface area contributed by atoms with Crippen LogP contribution in [-0.2, 0) is 0 Å². The Labute approximate surface area is 144 Å². The quantitative estimate of drug-likeness (QED) is 0.725. The molecule has 4 rings (SSSR count). The maximum atomic E-state index is 13.9. The van der Waals surface area contributed by atoms with Gasteiger partial charge >= 0.3 is 0 Å². The summed E-state index contributed by atoms with van der Waals surface area (Å²) >= 11 is 0. The summed E-state index contributed by atoms with van der Waals surface area (Å²) in [6, 6.07) is 16.2. The number of benzene rings is 2. The molecule has 3 aromatic rings. The predicted molar refractivity (Wildman–Crippen MR) is 91.7 cm³/mol. The summed E-state index contributed by atoms with van der Waals surface area (Å²) in [6.45, 7) is 2.70. The van der Waals surface area contributed by atoms with Gasteiger partial charge in [0.15, 0.2) is 17.3 Å². The Balaban J connectivity index is 1.55. The molecule has 0 spiro atoms. The lowest BCUT2D eigenvalue weighted by Crippen LogP contribution is -2.49. The summed E-state index contributed by atoms with van der Waals surface area (Å²) in [5, 5.41) is 0. The van der Waals surface area contributed by atoms with Crippen molar-refractivity contribution in [1.82, 2.24) is 9.88 Å². The molecule has 1 aromatic heterocycles. The van der Waals surface area contributed by atoms with E-state index in [1.54, 1.807) is 24.0 Å². The Kier molecular flexibility index (Phi) is 3.84. The van der Waals surface area contributed by atoms with Gasteiger partial charge in [0.1, 0.15) is 5.82 Å². The minimum absolute atomic E-state index is 0.0262. The van der Waals surface area contributed by atoms with Gasteiger partial charge in [0.05, 0.1) is 0 Å². The van der Waals surface area contributed by atoms with Crippen molar-refractivity contribution in [3.63, 3.8) is 0 Å². The van der Waals surface area contributed by atoms with Crippen molar-refractivity contribution >= 4 is 5.91 Å². The lowest BCUT2D eigenvalue weighted by atomic mass is 9.90. The number of amides is 1. The molecule has 1 saturated heterocycles. The minimum Gasteiger partial charge on any atom is -0.440 e. The van der Waals surface area contributed by atoms with E-state index in [-0.39, 0.29) is 17.6 Å². The summed E-state index contributed by atoms with van der Waals surface area (Å²) < 4.78 is 19.5. The Morgan fingerprint density at radius 3 is 2.52 bits per heavy atom. The SMILES string of the molecule is Cc1nc(C(=O)N2CC(c3ccccc3F)C2)c(-c2ccccc2)o1. The zero-order chi connectivity index (χ0) is 17.4. The molecule has 25 heavy (non-hydrogen) atoms. The van der Waals surface area contributed by atoms with E-state index >= 15 is 0 Å². The van der Waals surface area contributed by atoms with Gasteiger partial charge < -0.3 is 9.32 Å². The van der Waals surface area contributed by atoms with Gasteiger partial charge in [-0.15, -0.1) is 0 Å². The van der Waals surface area contributed by atoms with Gasteiger partial charge in [-0.05, 0) is 11.6 Å². The topological polar surface area (TPSA) is 46.3 Å². The molecule has 4 nitrogen and oxygen atoms in total. The summed E-state index contributed by atoms with van der Waals surface area (Å²) in [4.78, 5) is 18.8. The van der Waals surface area contributed by atoms with Gasteiger partial charge in [-0.3, -0.25) is 4.79 Å². The molecule has 0 atom stereocenters. The van der Waals surface area contributed by atoms with E-state index in [0.717, 1.165) is 5.56 Å². The fourth-order valence-corrected chi connectivity index (χ4v) is 3.15. The van der Waals surface area contributed by atoms with Crippen molar-refractivity contribution < 1.29 is 13.6 Å². The van der Waals surface area contributed by atoms with E-state index in [0.29, 0.717) is 36.0 Å². The van der Waals surface area contributed by atoms with Crippen LogP contribution in [0.4, 0.5) is 4.39 Å². The standard InChI is InChI=1S/C20H17FN2O2/c1-13-22-18(19(25-13)14-7-3-2-4-8-14)20(24)23-11-15(12-23)16-9-5-6-10-17(16)21/h2-10,15H,11-12H2,1H3. The molecular formula is C20H17FN2O2. The van der Waals surface area contributed by atoms with E-state index in [4.69, 9.17) is 4.42 Å². The van der Waals surface area contributed by atoms with Gasteiger partial charge in [-0.25, -0.2) is 9.37 Å². The zero-order valence-electron chi connectivity index (χ0n) is 13.8. The Hall–Kier alpha value is -2.95. The van der Waals surface area contributed by atoms with Crippen molar-refractivity contribution in [2.45, 2.75) is 12.8 Å². The first-order chi connectivity index (χ1) is 12.1. The van der Waals surface area contributed by atoms with E-state index in [2.05, 4.69) is 4.98 Å². The van der Waals surface area contributed by atoms with Crippen LogP contribution in [0.2, 0.25) is 0 Å². The van der Waals surface area contributed by atoms with E-state index in [1.807, 2.05) is 36.4 Å². The molecule has 1 aliphatic heterocycles. The first-order valence-corrected chi connectivity index (χ1v) is 8.20. The molecule has 0 radical (unpaired) electrons. The maximum Gasteiger partial charge on any atom is 0.276 e. The van der Waals surface area contributed by atoms with Crippen molar-refractivity contribution in [2.75, 3.05) is 13.1 Å². The number of hydrogen-bond acceptors (Lipinski definition) is 3. The fourth-order valence-electron chi connectivity index (χ4n) is 3.15. The summed E-state index contributed by atoms with van der Waals surface area (Å²) in [5.74, 6) is 0.564. The number of hydrogen-bond donors (Lipinski definition) is 0. The molecule has 1 fully saturated rings. The second-order valence-electron chi connectivity index (χ2n) is 6.21. The van der Waals surface area contributed by atoms with Crippen LogP contribution in [0.25, 0.3) is 11.3 Å². The molecular weight excluding hydrogens is 319 g/mol. The van der Waals surface area contributed by atoms with Crippen molar-refractivity contribution in [1.29, 1.82) is 0 Å². The number of halogens is 1. The number of rotatable bonds is 3. The largest absolute Gasteiger partial charge is 0.440 e. The van der Waals surface area contributed by atoms with Gasteiger partial charge in [0, 0.05) is 31.5 Å². The minimum atomic E-state index is -0.221. The smallest absolute Gasteiger partial charge is 0.276 e. The number of likely N-dealkylation sites (tertiary alicyclic amines) is 1. The highest BCUT2D eigenvalue weighted by molar-refractivity contribution is 5.98. The van der Waals surface area contributed by atoms with E-state index in [1.165, 1.54) is 6.07 Å². The average molecular weight is 336 g/mol. The number of nitrogens with zero attached hydrogens (tertiary/aromatic N) is 2. The van der Waals surface area contributed by atoms with E-state index in [9.17, 15) is 9.18 Å². The first-order valence-electron chi connectivity index (χ1n) is 8.20. The zero-order valence-corrected chi connectivity index (χ0v) is 13.8. The number of carbonyl (C=O) groups is 1. The normalized spacial score (nSPS) is 14.4. The number of aryl methyl sites for hydroxylation is 1. The Morgan fingerprint density at radius 1 is 1.12 bits per heavy atom. The Morgan fingerprint density at radius 2 is 1.80 bits per heavy atom. The van der Waals surface area contributed by atoms with Crippen LogP contribution in [0.5, 0.6) is 0 Å². The van der Waals surface area contributed by atoms with Crippen LogP contribution in [0.3, 0.4) is 0 Å². The van der Waals surface area contributed by atoms with Crippen LogP contribution in [0, 0.1) is 12.7 Å². The maximum absolute atomic E-state index is 13.9. The highest BCUT2D eigenvalue weighted by Crippen LogP contribution is 2.32. The second kappa shape index (κ2) is 6.16. The van der Waals surface area contributed by atoms with Crippen molar-refractivity contribution in [2.24, 2.45) is 0 Å². The second-order valence-corrected chi connectivity index (χ2v) is 6.21. The predicted octanol–water partition coefficient (Wildman–Crippen LogP) is 4.03. The van der Waals surface area contributed by atoms with Gasteiger partial charge in [0.25, 0.3) is 5.91 Å². The average Bonchev–Trinajstić information content (AvgIpc) is 2.98. The molecule has 2 aromatic carbocycles.